The minimum Gasteiger partial charge on any atom is -0.389 e. The first-order valence-corrected chi connectivity index (χ1v) is 13.2. The molecule has 176 valence electrons. The van der Waals surface area contributed by atoms with E-state index in [2.05, 4.69) is 33.6 Å². The molecule has 1 atom stereocenters. The van der Waals surface area contributed by atoms with Crippen LogP contribution in [-0.4, -0.2) is 19.6 Å². The number of rotatable bonds is 7. The number of aliphatic hydroxyl groups is 1. The Morgan fingerprint density at radius 2 is 1.58 bits per heavy atom. The van der Waals surface area contributed by atoms with Gasteiger partial charge < -0.3 is 10.4 Å². The van der Waals surface area contributed by atoms with Crippen molar-refractivity contribution >= 4 is 33.1 Å². The van der Waals surface area contributed by atoms with Crippen LogP contribution in [0.3, 0.4) is 0 Å². The molecule has 2 aromatic carbocycles. The van der Waals surface area contributed by atoms with Crippen molar-refractivity contribution in [3.8, 4) is 11.1 Å². The van der Waals surface area contributed by atoms with Gasteiger partial charge in [0, 0.05) is 5.69 Å². The van der Waals surface area contributed by atoms with Gasteiger partial charge in [-0.25, -0.2) is 17.9 Å². The molecular weight excluding hydrogens is 456 g/mol. The Balaban J connectivity index is 1.95. The lowest BCUT2D eigenvalue weighted by atomic mass is 9.89. The maximum atomic E-state index is 12.8. The number of thiophene rings is 1. The first-order valence-electron chi connectivity index (χ1n) is 10.8. The maximum Gasteiger partial charge on any atom is 0.333 e. The number of benzene rings is 2. The molecule has 0 aliphatic rings. The lowest BCUT2D eigenvalue weighted by molar-refractivity contribution is 0.199. The van der Waals surface area contributed by atoms with Crippen LogP contribution in [0.25, 0.3) is 11.1 Å². The maximum absolute atomic E-state index is 12.8. The van der Waals surface area contributed by atoms with Crippen molar-refractivity contribution in [2.45, 2.75) is 57.5 Å². The molecule has 0 saturated heterocycles. The Labute approximate surface area is 199 Å². The van der Waals surface area contributed by atoms with Gasteiger partial charge in [-0.05, 0) is 87.7 Å². The molecule has 6 nitrogen and oxygen atoms in total. The quantitative estimate of drug-likeness (QED) is 0.369. The van der Waals surface area contributed by atoms with E-state index in [1.807, 2.05) is 33.1 Å². The van der Waals surface area contributed by atoms with Gasteiger partial charge in [-0.2, -0.15) is 11.3 Å². The number of carbonyl (C=O) groups excluding carboxylic acids is 1. The predicted molar refractivity (Wildman–Crippen MR) is 134 cm³/mol. The lowest BCUT2D eigenvalue weighted by Gasteiger charge is -2.22. The van der Waals surface area contributed by atoms with Gasteiger partial charge in [-0.15, -0.1) is 0 Å². The van der Waals surface area contributed by atoms with E-state index >= 15 is 0 Å². The Hall–Kier alpha value is -2.68. The molecule has 0 bridgehead atoms. The molecule has 1 unspecified atom stereocenters. The van der Waals surface area contributed by atoms with Crippen LogP contribution in [0.4, 0.5) is 10.5 Å². The zero-order valence-corrected chi connectivity index (χ0v) is 21.0. The summed E-state index contributed by atoms with van der Waals surface area (Å²) < 4.78 is 27.7. The van der Waals surface area contributed by atoms with Gasteiger partial charge in [0.15, 0.2) is 0 Å². The van der Waals surface area contributed by atoms with Gasteiger partial charge in [-0.1, -0.05) is 39.8 Å². The summed E-state index contributed by atoms with van der Waals surface area (Å²) in [5, 5.41) is 16.7. The minimum absolute atomic E-state index is 0.0861. The summed E-state index contributed by atoms with van der Waals surface area (Å²) in [5.74, 6) is 0.214. The molecular formula is C25H30N2O4S2. The standard InChI is InChI=1S/C25H30N2O4S2/c1-15(2)22-12-20(19-9-10-32-14-19)13-23(16(3)4)24(22)26-25(29)27-33(30,31)21-8-6-7-18(11-21)17(5)28/h6-17,28H,1-5H3,(H2,26,27,29). The van der Waals surface area contributed by atoms with Gasteiger partial charge in [-0.3, -0.25) is 0 Å². The average molecular weight is 487 g/mol. The number of sulfonamides is 1. The van der Waals surface area contributed by atoms with Crippen LogP contribution in [0.2, 0.25) is 0 Å². The van der Waals surface area contributed by atoms with E-state index in [0.29, 0.717) is 11.3 Å². The molecule has 8 heteroatoms. The van der Waals surface area contributed by atoms with Crippen molar-refractivity contribution in [1.82, 2.24) is 4.72 Å². The Bertz CT molecular complexity index is 1200. The molecule has 33 heavy (non-hydrogen) atoms. The molecule has 0 radical (unpaired) electrons. The number of amides is 2. The van der Waals surface area contributed by atoms with Crippen LogP contribution in [-0.2, 0) is 10.0 Å². The van der Waals surface area contributed by atoms with Crippen molar-refractivity contribution in [2.75, 3.05) is 5.32 Å². The zero-order chi connectivity index (χ0) is 24.3. The number of hydrogen-bond acceptors (Lipinski definition) is 5. The van der Waals surface area contributed by atoms with E-state index in [1.54, 1.807) is 24.3 Å². The predicted octanol–water partition coefficient (Wildman–Crippen LogP) is 6.23. The second kappa shape index (κ2) is 10.1. The third-order valence-electron chi connectivity index (χ3n) is 5.41. The second-order valence-corrected chi connectivity index (χ2v) is 11.1. The fourth-order valence-corrected chi connectivity index (χ4v) is 5.23. The summed E-state index contributed by atoms with van der Waals surface area (Å²) in [5.41, 5.74) is 5.13. The lowest BCUT2D eigenvalue weighted by Crippen LogP contribution is -2.35. The third kappa shape index (κ3) is 5.82. The number of nitrogens with one attached hydrogen (secondary N) is 2. The van der Waals surface area contributed by atoms with Crippen LogP contribution in [0, 0.1) is 0 Å². The number of aliphatic hydroxyl groups excluding tert-OH is 1. The summed E-state index contributed by atoms with van der Waals surface area (Å²) in [4.78, 5) is 12.7. The Morgan fingerprint density at radius 1 is 0.939 bits per heavy atom. The van der Waals surface area contributed by atoms with E-state index in [1.165, 1.54) is 18.2 Å². The summed E-state index contributed by atoms with van der Waals surface area (Å²) in [6, 6.07) is 11.2. The van der Waals surface area contributed by atoms with Crippen LogP contribution in [0.5, 0.6) is 0 Å². The van der Waals surface area contributed by atoms with E-state index in [4.69, 9.17) is 0 Å². The van der Waals surface area contributed by atoms with Gasteiger partial charge >= 0.3 is 6.03 Å². The molecule has 3 aromatic rings. The third-order valence-corrected chi connectivity index (χ3v) is 7.43. The SMILES string of the molecule is CC(C)c1cc(-c2ccsc2)cc(C(C)C)c1NC(=O)NS(=O)(=O)c1cccc(C(C)O)c1. The zero-order valence-electron chi connectivity index (χ0n) is 19.4. The normalized spacial score (nSPS) is 12.7. The molecule has 0 spiro atoms. The first kappa shape index (κ1) is 25.0. The van der Waals surface area contributed by atoms with Crippen molar-refractivity contribution in [3.63, 3.8) is 0 Å². The van der Waals surface area contributed by atoms with Crippen LogP contribution >= 0.6 is 11.3 Å². The monoisotopic (exact) mass is 486 g/mol. The number of hydrogen-bond donors (Lipinski definition) is 3. The minimum atomic E-state index is -4.12. The fourth-order valence-electron chi connectivity index (χ4n) is 3.60. The summed E-state index contributed by atoms with van der Waals surface area (Å²) in [6.45, 7) is 9.71. The molecule has 2 amide bonds. The largest absolute Gasteiger partial charge is 0.389 e. The van der Waals surface area contributed by atoms with Crippen molar-refractivity contribution in [1.29, 1.82) is 0 Å². The van der Waals surface area contributed by atoms with Crippen molar-refractivity contribution in [2.24, 2.45) is 0 Å². The molecule has 0 aliphatic carbocycles. The molecule has 0 aliphatic heterocycles. The summed E-state index contributed by atoms with van der Waals surface area (Å²) in [7, 11) is -4.12. The summed E-state index contributed by atoms with van der Waals surface area (Å²) >= 11 is 1.62. The molecule has 0 saturated carbocycles. The topological polar surface area (TPSA) is 95.5 Å². The first-order chi connectivity index (χ1) is 15.5. The van der Waals surface area contributed by atoms with Crippen LogP contribution in [0.15, 0.2) is 58.1 Å². The number of anilines is 1. The Morgan fingerprint density at radius 3 is 2.09 bits per heavy atom. The van der Waals surface area contributed by atoms with Crippen molar-refractivity contribution < 1.29 is 18.3 Å². The highest BCUT2D eigenvalue weighted by molar-refractivity contribution is 7.90. The van der Waals surface area contributed by atoms with E-state index in [-0.39, 0.29) is 16.7 Å². The molecule has 1 aromatic heterocycles. The van der Waals surface area contributed by atoms with Gasteiger partial charge in [0.2, 0.25) is 0 Å². The number of carbonyl (C=O) groups is 1. The van der Waals surface area contributed by atoms with E-state index in [0.717, 1.165) is 22.3 Å². The van der Waals surface area contributed by atoms with Crippen LogP contribution < -0.4 is 10.0 Å². The smallest absolute Gasteiger partial charge is 0.333 e. The molecule has 0 fully saturated rings. The molecule has 3 rings (SSSR count). The highest BCUT2D eigenvalue weighted by Crippen LogP contribution is 2.37. The summed E-state index contributed by atoms with van der Waals surface area (Å²) in [6.07, 6.45) is -0.821. The van der Waals surface area contributed by atoms with Gasteiger partial charge in [0.1, 0.15) is 0 Å². The highest BCUT2D eigenvalue weighted by atomic mass is 32.2. The average Bonchev–Trinajstić information content (AvgIpc) is 3.28. The van der Waals surface area contributed by atoms with Crippen molar-refractivity contribution in [3.05, 3.63) is 69.9 Å². The fraction of sp³-hybridized carbons (Fsp3) is 0.320. The Kier molecular flexibility index (Phi) is 7.62. The van der Waals surface area contributed by atoms with E-state index < -0.39 is 22.2 Å². The highest BCUT2D eigenvalue weighted by Gasteiger charge is 2.22. The van der Waals surface area contributed by atoms with Gasteiger partial charge in [0.25, 0.3) is 10.0 Å². The number of urea groups is 1. The van der Waals surface area contributed by atoms with Gasteiger partial charge in [0.05, 0.1) is 11.0 Å². The van der Waals surface area contributed by atoms with Crippen LogP contribution in [0.1, 0.15) is 69.2 Å². The molecule has 3 N–H and O–H groups in total. The molecule has 1 heterocycles. The second-order valence-electron chi connectivity index (χ2n) is 8.66. The van der Waals surface area contributed by atoms with E-state index in [9.17, 15) is 18.3 Å².